The Morgan fingerprint density at radius 3 is 2.78 bits per heavy atom. The summed E-state index contributed by atoms with van der Waals surface area (Å²) in [6.07, 6.45) is 3.33. The molecule has 0 amide bonds. The molecule has 0 bridgehead atoms. The van der Waals surface area contributed by atoms with Gasteiger partial charge in [-0.05, 0) is 43.5 Å². The van der Waals surface area contributed by atoms with Gasteiger partial charge in [-0.1, -0.05) is 12.1 Å². The van der Waals surface area contributed by atoms with Crippen LogP contribution in [-0.2, 0) is 19.0 Å². The van der Waals surface area contributed by atoms with Gasteiger partial charge in [0.2, 0.25) is 0 Å². The van der Waals surface area contributed by atoms with Gasteiger partial charge in [-0.3, -0.25) is 4.68 Å². The molecule has 1 heterocycles. The van der Waals surface area contributed by atoms with Crippen LogP contribution in [0.15, 0.2) is 36.5 Å². The lowest BCUT2D eigenvalue weighted by molar-refractivity contribution is 0.442. The van der Waals surface area contributed by atoms with Crippen LogP contribution in [-0.4, -0.2) is 9.78 Å². The maximum Gasteiger partial charge on any atom is 0.123 e. The van der Waals surface area contributed by atoms with Crippen molar-refractivity contribution in [3.63, 3.8) is 0 Å². The maximum atomic E-state index is 13.2. The molecule has 0 aliphatic heterocycles. The minimum atomic E-state index is -0.535. The molecule has 0 radical (unpaired) electrons. The highest BCUT2D eigenvalue weighted by molar-refractivity contribution is 5.24. The minimum Gasteiger partial charge on any atom is -0.322 e. The lowest BCUT2D eigenvalue weighted by Gasteiger charge is -2.25. The molecule has 2 aromatic rings. The first-order valence-electron chi connectivity index (χ1n) is 6.01. The Kier molecular flexibility index (Phi) is 3.48. The van der Waals surface area contributed by atoms with E-state index in [4.69, 9.17) is 5.73 Å². The van der Waals surface area contributed by atoms with Crippen molar-refractivity contribution in [1.29, 1.82) is 0 Å². The number of nitrogens with zero attached hydrogens (tertiary/aromatic N) is 2. The Labute approximate surface area is 106 Å². The lowest BCUT2D eigenvalue weighted by atomic mass is 9.88. The molecule has 0 saturated heterocycles. The fraction of sp³-hybridized carbons (Fsp3) is 0.357. The zero-order chi connectivity index (χ0) is 13.2. The van der Waals surface area contributed by atoms with E-state index in [1.165, 1.54) is 12.1 Å². The van der Waals surface area contributed by atoms with Crippen molar-refractivity contribution in [2.24, 2.45) is 12.8 Å². The molecule has 1 aromatic carbocycles. The summed E-state index contributed by atoms with van der Waals surface area (Å²) in [5, 5.41) is 4.12. The molecule has 4 heteroatoms. The highest BCUT2D eigenvalue weighted by Crippen LogP contribution is 2.24. The van der Waals surface area contributed by atoms with Crippen LogP contribution in [0.3, 0.4) is 0 Å². The standard InChI is InChI=1S/C14H18FN3/c1-14(16,11-4-3-5-12(15)10-11)8-6-13-7-9-17-18(13)2/h3-5,7,9-10H,6,8,16H2,1-2H3. The fourth-order valence-corrected chi connectivity index (χ4v) is 2.02. The Balaban J connectivity index is 2.10. The van der Waals surface area contributed by atoms with Crippen LogP contribution in [0.1, 0.15) is 24.6 Å². The number of hydrogen-bond acceptors (Lipinski definition) is 2. The van der Waals surface area contributed by atoms with Crippen molar-refractivity contribution in [2.75, 3.05) is 0 Å². The minimum absolute atomic E-state index is 0.246. The number of benzene rings is 1. The summed E-state index contributed by atoms with van der Waals surface area (Å²) in [5.74, 6) is -0.246. The molecule has 2 N–H and O–H groups in total. The predicted molar refractivity (Wildman–Crippen MR) is 69.5 cm³/mol. The van der Waals surface area contributed by atoms with Crippen molar-refractivity contribution >= 4 is 0 Å². The average Bonchev–Trinajstić information content (AvgIpc) is 2.72. The van der Waals surface area contributed by atoms with Gasteiger partial charge in [0.15, 0.2) is 0 Å². The largest absolute Gasteiger partial charge is 0.322 e. The van der Waals surface area contributed by atoms with Crippen LogP contribution in [0.4, 0.5) is 4.39 Å². The van der Waals surface area contributed by atoms with E-state index in [-0.39, 0.29) is 5.82 Å². The zero-order valence-electron chi connectivity index (χ0n) is 10.7. The van der Waals surface area contributed by atoms with E-state index in [1.807, 2.05) is 30.8 Å². The highest BCUT2D eigenvalue weighted by atomic mass is 19.1. The first-order chi connectivity index (χ1) is 8.49. The fourth-order valence-electron chi connectivity index (χ4n) is 2.02. The third-order valence-corrected chi connectivity index (χ3v) is 3.31. The van der Waals surface area contributed by atoms with Gasteiger partial charge in [0, 0.05) is 24.5 Å². The molecule has 0 aliphatic rings. The van der Waals surface area contributed by atoms with Gasteiger partial charge in [-0.25, -0.2) is 4.39 Å². The molecule has 96 valence electrons. The maximum absolute atomic E-state index is 13.2. The summed E-state index contributed by atoms with van der Waals surface area (Å²) >= 11 is 0. The van der Waals surface area contributed by atoms with E-state index in [9.17, 15) is 4.39 Å². The molecule has 0 saturated carbocycles. The van der Waals surface area contributed by atoms with Gasteiger partial charge < -0.3 is 5.73 Å². The molecule has 0 spiro atoms. The Morgan fingerprint density at radius 1 is 1.39 bits per heavy atom. The Morgan fingerprint density at radius 2 is 2.17 bits per heavy atom. The second-order valence-corrected chi connectivity index (χ2v) is 4.87. The smallest absolute Gasteiger partial charge is 0.123 e. The zero-order valence-corrected chi connectivity index (χ0v) is 10.7. The van der Waals surface area contributed by atoms with Gasteiger partial charge >= 0.3 is 0 Å². The molecule has 2 rings (SSSR count). The van der Waals surface area contributed by atoms with Crippen LogP contribution >= 0.6 is 0 Å². The molecule has 18 heavy (non-hydrogen) atoms. The number of rotatable bonds is 4. The van der Waals surface area contributed by atoms with Gasteiger partial charge in [0.1, 0.15) is 5.82 Å². The number of aryl methyl sites for hydroxylation is 2. The monoisotopic (exact) mass is 247 g/mol. The van der Waals surface area contributed by atoms with Crippen LogP contribution in [0.5, 0.6) is 0 Å². The summed E-state index contributed by atoms with van der Waals surface area (Å²) in [4.78, 5) is 0. The number of nitrogens with two attached hydrogens (primary N) is 1. The third kappa shape index (κ3) is 2.76. The summed E-state index contributed by atoms with van der Waals surface area (Å²) in [6, 6.07) is 8.47. The normalized spacial score (nSPS) is 14.4. The summed E-state index contributed by atoms with van der Waals surface area (Å²) in [6.45, 7) is 1.93. The SMILES string of the molecule is Cn1nccc1CCC(C)(N)c1cccc(F)c1. The topological polar surface area (TPSA) is 43.8 Å². The first kappa shape index (κ1) is 12.8. The van der Waals surface area contributed by atoms with Gasteiger partial charge in [-0.2, -0.15) is 5.10 Å². The van der Waals surface area contributed by atoms with E-state index in [0.717, 1.165) is 24.1 Å². The molecule has 1 unspecified atom stereocenters. The summed E-state index contributed by atoms with van der Waals surface area (Å²) < 4.78 is 15.0. The van der Waals surface area contributed by atoms with Crippen LogP contribution in [0, 0.1) is 5.82 Å². The van der Waals surface area contributed by atoms with E-state index in [2.05, 4.69) is 5.10 Å². The van der Waals surface area contributed by atoms with Gasteiger partial charge in [-0.15, -0.1) is 0 Å². The Bertz CT molecular complexity index is 531. The van der Waals surface area contributed by atoms with E-state index in [1.54, 1.807) is 12.3 Å². The second kappa shape index (κ2) is 4.90. The number of aromatic nitrogens is 2. The highest BCUT2D eigenvalue weighted by Gasteiger charge is 2.21. The number of halogens is 1. The molecule has 1 atom stereocenters. The van der Waals surface area contributed by atoms with Gasteiger partial charge in [0.05, 0.1) is 0 Å². The van der Waals surface area contributed by atoms with Crippen LogP contribution in [0.25, 0.3) is 0 Å². The van der Waals surface area contributed by atoms with Crippen LogP contribution < -0.4 is 5.73 Å². The summed E-state index contributed by atoms with van der Waals surface area (Å²) in [5.41, 5.74) is 7.69. The van der Waals surface area contributed by atoms with Crippen molar-refractivity contribution in [3.8, 4) is 0 Å². The van der Waals surface area contributed by atoms with Gasteiger partial charge in [0.25, 0.3) is 0 Å². The Hall–Kier alpha value is -1.68. The summed E-state index contributed by atoms with van der Waals surface area (Å²) in [7, 11) is 1.91. The number of hydrogen-bond donors (Lipinski definition) is 1. The third-order valence-electron chi connectivity index (χ3n) is 3.31. The first-order valence-corrected chi connectivity index (χ1v) is 6.01. The van der Waals surface area contributed by atoms with E-state index < -0.39 is 5.54 Å². The molecule has 3 nitrogen and oxygen atoms in total. The average molecular weight is 247 g/mol. The predicted octanol–water partition coefficient (Wildman–Crippen LogP) is 2.37. The second-order valence-electron chi connectivity index (χ2n) is 4.87. The van der Waals surface area contributed by atoms with Crippen molar-refractivity contribution < 1.29 is 4.39 Å². The van der Waals surface area contributed by atoms with Crippen LogP contribution in [0.2, 0.25) is 0 Å². The van der Waals surface area contributed by atoms with Crippen molar-refractivity contribution in [2.45, 2.75) is 25.3 Å². The molecule has 1 aromatic heterocycles. The van der Waals surface area contributed by atoms with E-state index in [0.29, 0.717) is 0 Å². The van der Waals surface area contributed by atoms with Crippen molar-refractivity contribution in [1.82, 2.24) is 9.78 Å². The molecular formula is C14H18FN3. The molecular weight excluding hydrogens is 229 g/mol. The quantitative estimate of drug-likeness (QED) is 0.901. The van der Waals surface area contributed by atoms with Crippen molar-refractivity contribution in [3.05, 3.63) is 53.6 Å². The molecule has 0 fully saturated rings. The molecule has 0 aliphatic carbocycles. The lowest BCUT2D eigenvalue weighted by Crippen LogP contribution is -2.33. The van der Waals surface area contributed by atoms with E-state index >= 15 is 0 Å².